The molecule has 0 unspecified atom stereocenters. The lowest BCUT2D eigenvalue weighted by Gasteiger charge is -2.35. The highest BCUT2D eigenvalue weighted by molar-refractivity contribution is 5.50. The van der Waals surface area contributed by atoms with Crippen LogP contribution in [0, 0.1) is 6.92 Å². The number of aromatic nitrogens is 4. The van der Waals surface area contributed by atoms with Crippen LogP contribution in [0.5, 0.6) is 0 Å². The number of nitrogens with zero attached hydrogens (tertiary/aromatic N) is 7. The summed E-state index contributed by atoms with van der Waals surface area (Å²) >= 11 is 0. The van der Waals surface area contributed by atoms with Gasteiger partial charge in [-0.3, -0.25) is 14.9 Å². The molecule has 138 valence electrons. The highest BCUT2D eigenvalue weighted by Crippen LogP contribution is 2.20. The van der Waals surface area contributed by atoms with E-state index in [2.05, 4.69) is 40.7 Å². The Morgan fingerprint density at radius 3 is 2.19 bits per heavy atom. The van der Waals surface area contributed by atoms with Gasteiger partial charge in [0.1, 0.15) is 18.0 Å². The van der Waals surface area contributed by atoms with Gasteiger partial charge in [0, 0.05) is 64.3 Å². The van der Waals surface area contributed by atoms with Gasteiger partial charge in [0.05, 0.1) is 24.6 Å². The molecule has 8 nitrogen and oxygen atoms in total. The van der Waals surface area contributed by atoms with E-state index < -0.39 is 0 Å². The summed E-state index contributed by atoms with van der Waals surface area (Å²) in [5, 5.41) is 0. The molecule has 2 fully saturated rings. The average Bonchev–Trinajstić information content (AvgIpc) is 2.71. The second-order valence-electron chi connectivity index (χ2n) is 6.75. The molecule has 2 aliphatic heterocycles. The number of morpholine rings is 1. The van der Waals surface area contributed by atoms with Crippen molar-refractivity contribution in [1.82, 2.24) is 24.8 Å². The van der Waals surface area contributed by atoms with Gasteiger partial charge in [0.15, 0.2) is 0 Å². The summed E-state index contributed by atoms with van der Waals surface area (Å²) in [6, 6.07) is 2.10. The van der Waals surface area contributed by atoms with Crippen molar-refractivity contribution < 1.29 is 4.74 Å². The van der Waals surface area contributed by atoms with Crippen LogP contribution < -0.4 is 9.80 Å². The topological polar surface area (TPSA) is 70.5 Å². The van der Waals surface area contributed by atoms with Crippen molar-refractivity contribution in [2.24, 2.45) is 0 Å². The van der Waals surface area contributed by atoms with Crippen LogP contribution in [0.3, 0.4) is 0 Å². The minimum atomic E-state index is 0.764. The molecule has 8 heteroatoms. The predicted octanol–water partition coefficient (Wildman–Crippen LogP) is 0.734. The molecule has 0 saturated carbocycles. The zero-order chi connectivity index (χ0) is 17.8. The van der Waals surface area contributed by atoms with Crippen molar-refractivity contribution in [2.75, 3.05) is 62.3 Å². The second kappa shape index (κ2) is 7.92. The van der Waals surface area contributed by atoms with E-state index in [1.54, 1.807) is 6.33 Å². The minimum Gasteiger partial charge on any atom is -0.378 e. The molecule has 0 aliphatic carbocycles. The maximum absolute atomic E-state index is 5.42. The number of hydrogen-bond acceptors (Lipinski definition) is 8. The quantitative estimate of drug-likeness (QED) is 0.795. The molecule has 4 heterocycles. The van der Waals surface area contributed by atoms with E-state index in [4.69, 9.17) is 4.74 Å². The summed E-state index contributed by atoms with van der Waals surface area (Å²) < 4.78 is 5.42. The predicted molar refractivity (Wildman–Crippen MR) is 99.3 cm³/mol. The van der Waals surface area contributed by atoms with Gasteiger partial charge in [-0.15, -0.1) is 0 Å². The van der Waals surface area contributed by atoms with E-state index in [0.717, 1.165) is 82.1 Å². The molecule has 2 saturated heterocycles. The molecule has 0 atom stereocenters. The molecule has 0 N–H and O–H groups in total. The molecule has 0 amide bonds. The van der Waals surface area contributed by atoms with Gasteiger partial charge < -0.3 is 14.5 Å². The van der Waals surface area contributed by atoms with Crippen LogP contribution in [0.15, 0.2) is 24.8 Å². The van der Waals surface area contributed by atoms with Crippen molar-refractivity contribution in [1.29, 1.82) is 0 Å². The largest absolute Gasteiger partial charge is 0.378 e. The molecular weight excluding hydrogens is 330 g/mol. The van der Waals surface area contributed by atoms with Crippen LogP contribution >= 0.6 is 0 Å². The molecule has 0 bridgehead atoms. The third kappa shape index (κ3) is 4.08. The van der Waals surface area contributed by atoms with Gasteiger partial charge in [-0.1, -0.05) is 0 Å². The van der Waals surface area contributed by atoms with E-state index in [-0.39, 0.29) is 0 Å². The normalized spacial score (nSPS) is 19.0. The fourth-order valence-electron chi connectivity index (χ4n) is 3.34. The Labute approximate surface area is 153 Å². The maximum Gasteiger partial charge on any atom is 0.134 e. The monoisotopic (exact) mass is 355 g/mol. The highest BCUT2D eigenvalue weighted by Gasteiger charge is 2.20. The Morgan fingerprint density at radius 1 is 0.846 bits per heavy atom. The first-order valence-electron chi connectivity index (χ1n) is 9.17. The van der Waals surface area contributed by atoms with E-state index in [9.17, 15) is 0 Å². The van der Waals surface area contributed by atoms with Crippen molar-refractivity contribution in [3.8, 4) is 0 Å². The van der Waals surface area contributed by atoms with Gasteiger partial charge >= 0.3 is 0 Å². The van der Waals surface area contributed by atoms with Crippen LogP contribution in [-0.4, -0.2) is 77.3 Å². The maximum atomic E-state index is 5.42. The Morgan fingerprint density at radius 2 is 1.54 bits per heavy atom. The van der Waals surface area contributed by atoms with Crippen molar-refractivity contribution in [3.63, 3.8) is 0 Å². The first kappa shape index (κ1) is 17.1. The summed E-state index contributed by atoms with van der Waals surface area (Å²) in [5.74, 6) is 2.01. The van der Waals surface area contributed by atoms with E-state index >= 15 is 0 Å². The van der Waals surface area contributed by atoms with Gasteiger partial charge in [0.25, 0.3) is 0 Å². The van der Waals surface area contributed by atoms with E-state index in [1.807, 2.05) is 19.3 Å². The molecule has 2 aliphatic rings. The third-order valence-corrected chi connectivity index (χ3v) is 4.89. The number of hydrogen-bond donors (Lipinski definition) is 0. The van der Waals surface area contributed by atoms with E-state index in [1.165, 1.54) is 0 Å². The van der Waals surface area contributed by atoms with Gasteiger partial charge in [0.2, 0.25) is 0 Å². The molecule has 26 heavy (non-hydrogen) atoms. The first-order chi connectivity index (χ1) is 12.8. The van der Waals surface area contributed by atoms with Crippen LogP contribution in [0.1, 0.15) is 11.4 Å². The van der Waals surface area contributed by atoms with Crippen molar-refractivity contribution in [2.45, 2.75) is 13.5 Å². The molecular formula is C18H25N7O. The smallest absolute Gasteiger partial charge is 0.134 e. The first-order valence-corrected chi connectivity index (χ1v) is 9.17. The van der Waals surface area contributed by atoms with Crippen LogP contribution in [-0.2, 0) is 11.3 Å². The summed E-state index contributed by atoms with van der Waals surface area (Å²) in [6.07, 6.45) is 5.38. The Kier molecular flexibility index (Phi) is 5.21. The summed E-state index contributed by atoms with van der Waals surface area (Å²) in [7, 11) is 0. The zero-order valence-electron chi connectivity index (χ0n) is 15.2. The molecule has 4 rings (SSSR count). The van der Waals surface area contributed by atoms with Crippen molar-refractivity contribution in [3.05, 3.63) is 36.2 Å². The van der Waals surface area contributed by atoms with Crippen molar-refractivity contribution >= 4 is 11.6 Å². The van der Waals surface area contributed by atoms with Gasteiger partial charge in [-0.2, -0.15) is 0 Å². The number of piperazine rings is 1. The average molecular weight is 355 g/mol. The lowest BCUT2D eigenvalue weighted by molar-refractivity contribution is 0.122. The number of aryl methyl sites for hydroxylation is 1. The Hall–Kier alpha value is -2.32. The van der Waals surface area contributed by atoms with E-state index in [0.29, 0.717) is 0 Å². The Balaban J connectivity index is 1.35. The second-order valence-corrected chi connectivity index (χ2v) is 6.75. The fourth-order valence-corrected chi connectivity index (χ4v) is 3.34. The summed E-state index contributed by atoms with van der Waals surface area (Å²) in [4.78, 5) is 24.7. The van der Waals surface area contributed by atoms with Crippen LogP contribution in [0.4, 0.5) is 11.6 Å². The summed E-state index contributed by atoms with van der Waals surface area (Å²) in [6.45, 7) is 10.0. The molecule has 0 aromatic carbocycles. The number of anilines is 2. The number of rotatable bonds is 4. The lowest BCUT2D eigenvalue weighted by atomic mass is 10.3. The fraction of sp³-hybridized carbons (Fsp3) is 0.556. The third-order valence-electron chi connectivity index (χ3n) is 4.89. The zero-order valence-corrected chi connectivity index (χ0v) is 15.2. The molecule has 0 radical (unpaired) electrons. The SMILES string of the molecule is Cc1cnc(CN2CCN(c3cc(N4CCOCC4)ncn3)CC2)cn1. The Bertz CT molecular complexity index is 710. The highest BCUT2D eigenvalue weighted by atomic mass is 16.5. The lowest BCUT2D eigenvalue weighted by Crippen LogP contribution is -2.46. The number of ether oxygens (including phenoxy) is 1. The standard InChI is InChI=1S/C18H25N7O/c1-15-11-20-16(12-19-15)13-23-2-4-24(5-3-23)17-10-18(22-14-21-17)25-6-8-26-9-7-25/h10-12,14H,2-9,13H2,1H3. The molecule has 2 aromatic rings. The molecule has 2 aromatic heterocycles. The van der Waals surface area contributed by atoms with Gasteiger partial charge in [-0.25, -0.2) is 9.97 Å². The van der Waals surface area contributed by atoms with Crippen LogP contribution in [0.2, 0.25) is 0 Å². The molecule has 0 spiro atoms. The van der Waals surface area contributed by atoms with Crippen LogP contribution in [0.25, 0.3) is 0 Å². The van der Waals surface area contributed by atoms with Gasteiger partial charge in [-0.05, 0) is 6.92 Å². The summed E-state index contributed by atoms with van der Waals surface area (Å²) in [5.41, 5.74) is 1.99. The minimum absolute atomic E-state index is 0.764.